The molecule has 122 valence electrons. The normalized spacial score (nSPS) is 12.0. The van der Waals surface area contributed by atoms with Crippen LogP contribution >= 0.6 is 0 Å². The molecule has 0 spiro atoms. The Hall–Kier alpha value is -2.83. The second-order valence-corrected chi connectivity index (χ2v) is 5.33. The van der Waals surface area contributed by atoms with Crippen LogP contribution in [0.15, 0.2) is 33.9 Å². The molecule has 0 saturated carbocycles. The van der Waals surface area contributed by atoms with Gasteiger partial charge in [0.05, 0.1) is 18.0 Å². The number of benzene rings is 1. The molecule has 0 aliphatic carbocycles. The molecule has 0 aliphatic rings. The molecular formula is C16H17NO6. The topological polar surface area (TPSA) is 120 Å². The third-order valence-electron chi connectivity index (χ3n) is 3.42. The van der Waals surface area contributed by atoms with Crippen LogP contribution in [0, 0.1) is 4.91 Å². The summed E-state index contributed by atoms with van der Waals surface area (Å²) in [5, 5.41) is 31.4. The standard InChI is InChI=1S/C16H17NO6/c1-9(17-22)2-3-12-4-5-14(23-12)16-10(7-15(20)21)6-11(18)8-13(16)19/h4-6,8-9,18-19H,2-3,7H2,1H3,(H,20,21). The van der Waals surface area contributed by atoms with E-state index in [0.29, 0.717) is 24.4 Å². The van der Waals surface area contributed by atoms with Crippen LogP contribution in [0.3, 0.4) is 0 Å². The summed E-state index contributed by atoms with van der Waals surface area (Å²) in [5.41, 5.74) is 0.483. The molecule has 0 bridgehead atoms. The molecule has 7 heteroatoms. The van der Waals surface area contributed by atoms with E-state index in [2.05, 4.69) is 5.18 Å². The number of furan rings is 1. The minimum absolute atomic E-state index is 0.222. The second kappa shape index (κ2) is 6.95. The zero-order valence-electron chi connectivity index (χ0n) is 12.5. The lowest BCUT2D eigenvalue weighted by Crippen LogP contribution is -2.02. The predicted molar refractivity (Wildman–Crippen MR) is 82.4 cm³/mol. The number of aryl methyl sites for hydroxylation is 1. The Kier molecular flexibility index (Phi) is 5.00. The van der Waals surface area contributed by atoms with Gasteiger partial charge < -0.3 is 19.7 Å². The molecular weight excluding hydrogens is 302 g/mol. The van der Waals surface area contributed by atoms with Crippen molar-refractivity contribution in [3.8, 4) is 22.8 Å². The van der Waals surface area contributed by atoms with Crippen molar-refractivity contribution in [1.29, 1.82) is 0 Å². The average molecular weight is 319 g/mol. The van der Waals surface area contributed by atoms with Crippen LogP contribution < -0.4 is 0 Å². The average Bonchev–Trinajstić information content (AvgIpc) is 2.91. The fraction of sp³-hybridized carbons (Fsp3) is 0.312. The highest BCUT2D eigenvalue weighted by Gasteiger charge is 2.18. The zero-order valence-corrected chi connectivity index (χ0v) is 12.5. The van der Waals surface area contributed by atoms with Gasteiger partial charge in [-0.25, -0.2) is 0 Å². The maximum Gasteiger partial charge on any atom is 0.307 e. The molecule has 2 aromatic rings. The summed E-state index contributed by atoms with van der Waals surface area (Å²) in [5.74, 6) is -0.663. The van der Waals surface area contributed by atoms with Gasteiger partial charge in [-0.3, -0.25) is 4.79 Å². The molecule has 1 heterocycles. The number of rotatable bonds is 7. The molecule has 0 fully saturated rings. The number of carboxylic acids is 1. The summed E-state index contributed by atoms with van der Waals surface area (Å²) in [6, 6.07) is 5.40. The Morgan fingerprint density at radius 2 is 2.04 bits per heavy atom. The van der Waals surface area contributed by atoms with Gasteiger partial charge in [-0.15, -0.1) is 0 Å². The lowest BCUT2D eigenvalue weighted by atomic mass is 10.0. The fourth-order valence-corrected chi connectivity index (χ4v) is 2.31. The van der Waals surface area contributed by atoms with Crippen molar-refractivity contribution < 1.29 is 24.5 Å². The number of nitroso groups, excluding NO2 is 1. The Morgan fingerprint density at radius 3 is 2.70 bits per heavy atom. The lowest BCUT2D eigenvalue weighted by Gasteiger charge is -2.09. The maximum absolute atomic E-state index is 11.0. The fourth-order valence-electron chi connectivity index (χ4n) is 2.31. The van der Waals surface area contributed by atoms with Gasteiger partial charge in [0.2, 0.25) is 0 Å². The summed E-state index contributed by atoms with van der Waals surface area (Å²) in [6.45, 7) is 1.70. The van der Waals surface area contributed by atoms with Gasteiger partial charge in [-0.1, -0.05) is 5.18 Å². The molecule has 1 aromatic carbocycles. The number of phenolic OH excluding ortho intramolecular Hbond substituents is 2. The van der Waals surface area contributed by atoms with Crippen molar-refractivity contribution in [3.05, 3.63) is 40.5 Å². The van der Waals surface area contributed by atoms with E-state index in [0.717, 1.165) is 6.07 Å². The highest BCUT2D eigenvalue weighted by atomic mass is 16.4. The third-order valence-corrected chi connectivity index (χ3v) is 3.42. The van der Waals surface area contributed by atoms with E-state index < -0.39 is 5.97 Å². The largest absolute Gasteiger partial charge is 0.508 e. The molecule has 1 atom stereocenters. The van der Waals surface area contributed by atoms with Crippen LogP contribution in [-0.2, 0) is 17.6 Å². The first-order valence-electron chi connectivity index (χ1n) is 7.09. The van der Waals surface area contributed by atoms with Crippen molar-refractivity contribution >= 4 is 5.97 Å². The van der Waals surface area contributed by atoms with E-state index in [1.807, 2.05) is 0 Å². The van der Waals surface area contributed by atoms with E-state index >= 15 is 0 Å². The number of hydrogen-bond acceptors (Lipinski definition) is 6. The van der Waals surface area contributed by atoms with Crippen molar-refractivity contribution in [2.24, 2.45) is 5.18 Å². The Bertz CT molecular complexity index is 721. The van der Waals surface area contributed by atoms with Crippen LogP contribution in [-0.4, -0.2) is 27.3 Å². The number of phenols is 2. The Labute approximate surface area is 132 Å². The first kappa shape index (κ1) is 16.5. The number of hydrogen-bond donors (Lipinski definition) is 3. The number of carbonyl (C=O) groups is 1. The quantitative estimate of drug-likeness (QED) is 0.674. The second-order valence-electron chi connectivity index (χ2n) is 5.33. The lowest BCUT2D eigenvalue weighted by molar-refractivity contribution is -0.136. The maximum atomic E-state index is 11.0. The number of aromatic hydroxyl groups is 2. The molecule has 2 rings (SSSR count). The molecule has 1 aromatic heterocycles. The number of aliphatic carboxylic acids is 1. The van der Waals surface area contributed by atoms with E-state index in [1.54, 1.807) is 19.1 Å². The number of nitrogens with zero attached hydrogens (tertiary/aromatic N) is 1. The monoisotopic (exact) mass is 319 g/mol. The molecule has 0 amide bonds. The summed E-state index contributed by atoms with van der Waals surface area (Å²) in [6.07, 6.45) is 0.666. The van der Waals surface area contributed by atoms with Gasteiger partial charge in [0.1, 0.15) is 23.0 Å². The molecule has 23 heavy (non-hydrogen) atoms. The molecule has 1 unspecified atom stereocenters. The SMILES string of the molecule is CC(CCc1ccc(-c2c(O)cc(O)cc2CC(=O)O)o1)N=O. The van der Waals surface area contributed by atoms with Crippen molar-refractivity contribution in [2.75, 3.05) is 0 Å². The van der Waals surface area contributed by atoms with Gasteiger partial charge >= 0.3 is 5.97 Å². The predicted octanol–water partition coefficient (Wildman–Crippen LogP) is 3.07. The van der Waals surface area contributed by atoms with E-state index in [1.165, 1.54) is 6.07 Å². The van der Waals surface area contributed by atoms with Gasteiger partial charge in [-0.05, 0) is 37.1 Å². The Morgan fingerprint density at radius 1 is 1.30 bits per heavy atom. The minimum Gasteiger partial charge on any atom is -0.508 e. The molecule has 0 radical (unpaired) electrons. The Balaban J connectivity index is 2.32. The van der Waals surface area contributed by atoms with E-state index in [-0.39, 0.29) is 35.1 Å². The summed E-state index contributed by atoms with van der Waals surface area (Å²) in [4.78, 5) is 21.3. The first-order chi connectivity index (χ1) is 10.9. The van der Waals surface area contributed by atoms with Crippen molar-refractivity contribution in [2.45, 2.75) is 32.2 Å². The van der Waals surface area contributed by atoms with E-state index in [9.17, 15) is 19.9 Å². The molecule has 7 nitrogen and oxygen atoms in total. The summed E-state index contributed by atoms with van der Waals surface area (Å²) >= 11 is 0. The van der Waals surface area contributed by atoms with Crippen molar-refractivity contribution in [1.82, 2.24) is 0 Å². The smallest absolute Gasteiger partial charge is 0.307 e. The first-order valence-corrected chi connectivity index (χ1v) is 7.09. The highest BCUT2D eigenvalue weighted by Crippen LogP contribution is 2.37. The van der Waals surface area contributed by atoms with Crippen LogP contribution in [0.5, 0.6) is 11.5 Å². The van der Waals surface area contributed by atoms with Gasteiger partial charge in [-0.2, -0.15) is 4.91 Å². The molecule has 3 N–H and O–H groups in total. The number of carboxylic acid groups (broad SMARTS) is 1. The summed E-state index contributed by atoms with van der Waals surface area (Å²) in [7, 11) is 0. The van der Waals surface area contributed by atoms with Gasteiger partial charge in [0, 0.05) is 12.5 Å². The van der Waals surface area contributed by atoms with Crippen LogP contribution in [0.2, 0.25) is 0 Å². The molecule has 0 aliphatic heterocycles. The third kappa shape index (κ3) is 4.09. The van der Waals surface area contributed by atoms with Gasteiger partial charge in [0.25, 0.3) is 0 Å². The summed E-state index contributed by atoms with van der Waals surface area (Å²) < 4.78 is 5.63. The minimum atomic E-state index is -1.09. The van der Waals surface area contributed by atoms with Crippen LogP contribution in [0.1, 0.15) is 24.7 Å². The van der Waals surface area contributed by atoms with Crippen LogP contribution in [0.25, 0.3) is 11.3 Å². The van der Waals surface area contributed by atoms with Crippen molar-refractivity contribution in [3.63, 3.8) is 0 Å². The molecule has 0 saturated heterocycles. The van der Waals surface area contributed by atoms with Gasteiger partial charge in [0.15, 0.2) is 0 Å². The van der Waals surface area contributed by atoms with E-state index in [4.69, 9.17) is 9.52 Å². The highest BCUT2D eigenvalue weighted by molar-refractivity contribution is 5.78. The zero-order chi connectivity index (χ0) is 17.0. The van der Waals surface area contributed by atoms with Crippen LogP contribution in [0.4, 0.5) is 0 Å².